The van der Waals surface area contributed by atoms with Crippen LogP contribution in [0.4, 0.5) is 5.69 Å². The Kier molecular flexibility index (Phi) is 5.54. The molecule has 0 saturated heterocycles. The first-order valence-corrected chi connectivity index (χ1v) is 10.8. The van der Waals surface area contributed by atoms with Crippen molar-refractivity contribution >= 4 is 26.6 Å². The highest BCUT2D eigenvalue weighted by atomic mass is 32.2. The zero-order valence-corrected chi connectivity index (χ0v) is 17.5. The van der Waals surface area contributed by atoms with Crippen LogP contribution < -0.4 is 9.04 Å². The maximum absolute atomic E-state index is 11.7. The minimum Gasteiger partial charge on any atom is -0.497 e. The van der Waals surface area contributed by atoms with Crippen LogP contribution in [0, 0.1) is 23.2 Å². The van der Waals surface area contributed by atoms with Gasteiger partial charge in [0.15, 0.2) is 0 Å². The molecule has 0 aliphatic heterocycles. The predicted molar refractivity (Wildman–Crippen MR) is 115 cm³/mol. The molecule has 0 aliphatic rings. The van der Waals surface area contributed by atoms with Crippen LogP contribution >= 0.6 is 0 Å². The van der Waals surface area contributed by atoms with Crippen LogP contribution in [0.1, 0.15) is 23.7 Å². The minimum absolute atomic E-state index is 0.533. The van der Waals surface area contributed by atoms with Gasteiger partial charge < -0.3 is 9.30 Å². The number of hydrogen-bond acceptors (Lipinski definition) is 4. The molecule has 3 aromatic rings. The van der Waals surface area contributed by atoms with E-state index >= 15 is 0 Å². The summed E-state index contributed by atoms with van der Waals surface area (Å²) in [4.78, 5) is 0. The summed E-state index contributed by atoms with van der Waals surface area (Å²) < 4.78 is 31.8. The molecule has 148 valence electrons. The fourth-order valence-corrected chi connectivity index (χ4v) is 3.61. The number of ether oxygens (including phenoxy) is 1. The van der Waals surface area contributed by atoms with Crippen LogP contribution in [-0.4, -0.2) is 33.4 Å². The van der Waals surface area contributed by atoms with Gasteiger partial charge in [0.25, 0.3) is 0 Å². The molecule has 1 heterocycles. The summed E-state index contributed by atoms with van der Waals surface area (Å²) in [7, 11) is -0.203. The lowest BCUT2D eigenvalue weighted by Crippen LogP contribution is -2.24. The molecule has 0 unspecified atom stereocenters. The number of aryl methyl sites for hydroxylation is 1. The van der Waals surface area contributed by atoms with E-state index in [1.807, 2.05) is 29.7 Å². The normalized spacial score (nSPS) is 10.9. The number of nitrogens with zero attached hydrogens (tertiary/aromatic N) is 3. The van der Waals surface area contributed by atoms with Crippen molar-refractivity contribution < 1.29 is 13.2 Å². The van der Waals surface area contributed by atoms with E-state index in [4.69, 9.17) is 4.74 Å². The summed E-state index contributed by atoms with van der Waals surface area (Å²) in [5.41, 5.74) is 3.37. The van der Waals surface area contributed by atoms with E-state index in [-0.39, 0.29) is 0 Å². The third-order valence-corrected chi connectivity index (χ3v) is 5.96. The van der Waals surface area contributed by atoms with Gasteiger partial charge in [-0.05, 0) is 49.2 Å². The Labute approximate surface area is 171 Å². The van der Waals surface area contributed by atoms with Crippen molar-refractivity contribution in [1.29, 1.82) is 5.26 Å². The molecule has 3 rings (SSSR count). The van der Waals surface area contributed by atoms with Crippen LogP contribution in [0.3, 0.4) is 0 Å². The number of nitriles is 1. The first-order chi connectivity index (χ1) is 13.8. The highest BCUT2D eigenvalue weighted by molar-refractivity contribution is 7.92. The van der Waals surface area contributed by atoms with Crippen LogP contribution in [0.5, 0.6) is 5.75 Å². The van der Waals surface area contributed by atoms with Gasteiger partial charge in [-0.25, -0.2) is 8.42 Å². The number of anilines is 1. The van der Waals surface area contributed by atoms with Crippen molar-refractivity contribution in [3.63, 3.8) is 0 Å². The molecule has 0 fully saturated rings. The molecule has 0 saturated carbocycles. The second kappa shape index (κ2) is 7.90. The Bertz CT molecular complexity index is 1270. The Morgan fingerprint density at radius 3 is 2.38 bits per heavy atom. The first kappa shape index (κ1) is 20.3. The second-order valence-electron chi connectivity index (χ2n) is 6.49. The van der Waals surface area contributed by atoms with Gasteiger partial charge >= 0.3 is 0 Å². The molecule has 0 radical (unpaired) electrons. The monoisotopic (exact) mass is 407 g/mol. The maximum atomic E-state index is 11.7. The lowest BCUT2D eigenvalue weighted by molar-refractivity contribution is 0.415. The molecule has 0 bridgehead atoms. The van der Waals surface area contributed by atoms with Gasteiger partial charge in [-0.15, -0.1) is 0 Å². The number of aromatic nitrogens is 1. The molecule has 0 amide bonds. The molecular formula is C22H21N3O3S. The molecule has 0 aliphatic carbocycles. The van der Waals surface area contributed by atoms with Gasteiger partial charge in [0.1, 0.15) is 17.5 Å². The fraction of sp³-hybridized carbons (Fsp3) is 0.227. The Morgan fingerprint density at radius 2 is 1.83 bits per heavy atom. The number of fused-ring (bicyclic) bond motifs is 1. The van der Waals surface area contributed by atoms with Crippen molar-refractivity contribution in [1.82, 2.24) is 4.57 Å². The Morgan fingerprint density at radius 1 is 1.14 bits per heavy atom. The van der Waals surface area contributed by atoms with E-state index in [0.29, 0.717) is 23.5 Å². The summed E-state index contributed by atoms with van der Waals surface area (Å²) in [6, 6.07) is 14.8. The van der Waals surface area contributed by atoms with Crippen molar-refractivity contribution in [2.24, 2.45) is 0 Å². The summed E-state index contributed by atoms with van der Waals surface area (Å²) >= 11 is 0. The average Bonchev–Trinajstić information content (AvgIpc) is 3.02. The Balaban J connectivity index is 2.06. The van der Waals surface area contributed by atoms with E-state index in [9.17, 15) is 13.7 Å². The predicted octanol–water partition coefficient (Wildman–Crippen LogP) is 3.34. The highest BCUT2D eigenvalue weighted by Gasteiger charge is 2.15. The molecule has 6 nitrogen and oxygen atoms in total. The number of methoxy groups -OCH3 is 1. The van der Waals surface area contributed by atoms with Gasteiger partial charge in [-0.1, -0.05) is 5.92 Å². The van der Waals surface area contributed by atoms with Gasteiger partial charge in [-0.2, -0.15) is 5.26 Å². The first-order valence-electron chi connectivity index (χ1n) is 8.96. The SMILES string of the molecule is CCn1c(C#Cc2ccc(N(C)S(C)(=O)=O)cc2)c(C#N)c2ccc(OC)cc21. The van der Waals surface area contributed by atoms with E-state index in [2.05, 4.69) is 17.9 Å². The lowest BCUT2D eigenvalue weighted by atomic mass is 10.1. The zero-order chi connectivity index (χ0) is 21.2. The standard InChI is InChI=1S/C22H21N3O3S/c1-5-25-21(20(15-23)19-12-11-18(28-3)14-22(19)25)13-8-16-6-9-17(10-7-16)24(2)29(4,26)27/h6-7,9-12,14H,5H2,1-4H3. The molecule has 0 spiro atoms. The average molecular weight is 407 g/mol. The van der Waals surface area contributed by atoms with Crippen molar-refractivity contribution in [2.75, 3.05) is 24.7 Å². The lowest BCUT2D eigenvalue weighted by Gasteiger charge is -2.16. The third-order valence-electron chi connectivity index (χ3n) is 4.75. The summed E-state index contributed by atoms with van der Waals surface area (Å²) in [5, 5.41) is 10.5. The number of sulfonamides is 1. The van der Waals surface area contributed by atoms with Gasteiger partial charge in [0.2, 0.25) is 10.0 Å². The topological polar surface area (TPSA) is 75.3 Å². The molecule has 1 aromatic heterocycles. The maximum Gasteiger partial charge on any atom is 0.231 e. The largest absolute Gasteiger partial charge is 0.497 e. The number of rotatable bonds is 4. The van der Waals surface area contributed by atoms with E-state index in [0.717, 1.165) is 28.5 Å². The van der Waals surface area contributed by atoms with Crippen LogP contribution in [0.15, 0.2) is 42.5 Å². The van der Waals surface area contributed by atoms with Gasteiger partial charge in [0.05, 0.1) is 30.1 Å². The van der Waals surface area contributed by atoms with E-state index in [1.54, 1.807) is 31.4 Å². The summed E-state index contributed by atoms with van der Waals surface area (Å²) in [6.45, 7) is 2.66. The summed E-state index contributed by atoms with van der Waals surface area (Å²) in [5.74, 6) is 6.93. The second-order valence-corrected chi connectivity index (χ2v) is 8.50. The molecular weight excluding hydrogens is 386 g/mol. The highest BCUT2D eigenvalue weighted by Crippen LogP contribution is 2.29. The summed E-state index contributed by atoms with van der Waals surface area (Å²) in [6.07, 6.45) is 1.16. The van der Waals surface area contributed by atoms with Crippen molar-refractivity contribution in [3.05, 3.63) is 59.3 Å². The molecule has 0 N–H and O–H groups in total. The molecule has 0 atom stereocenters. The quantitative estimate of drug-likeness (QED) is 0.622. The Hall–Kier alpha value is -3.42. The molecule has 7 heteroatoms. The van der Waals surface area contributed by atoms with Crippen molar-refractivity contribution in [2.45, 2.75) is 13.5 Å². The van der Waals surface area contributed by atoms with E-state index in [1.165, 1.54) is 11.4 Å². The van der Waals surface area contributed by atoms with E-state index < -0.39 is 10.0 Å². The molecule has 29 heavy (non-hydrogen) atoms. The van der Waals surface area contributed by atoms with Crippen LogP contribution in [0.25, 0.3) is 10.9 Å². The third kappa shape index (κ3) is 3.91. The minimum atomic E-state index is -3.31. The van der Waals surface area contributed by atoms with Crippen LogP contribution in [-0.2, 0) is 16.6 Å². The zero-order valence-electron chi connectivity index (χ0n) is 16.7. The number of hydrogen-bond donors (Lipinski definition) is 0. The van der Waals surface area contributed by atoms with Gasteiger partial charge in [0, 0.05) is 30.6 Å². The number of benzene rings is 2. The van der Waals surface area contributed by atoms with Crippen LogP contribution in [0.2, 0.25) is 0 Å². The van der Waals surface area contributed by atoms with Gasteiger partial charge in [-0.3, -0.25) is 4.31 Å². The smallest absolute Gasteiger partial charge is 0.231 e. The molecule has 2 aromatic carbocycles. The fourth-order valence-electron chi connectivity index (χ4n) is 3.11. The van der Waals surface area contributed by atoms with Crippen molar-refractivity contribution in [3.8, 4) is 23.7 Å².